The van der Waals surface area contributed by atoms with Crippen LogP contribution in [0, 0.1) is 5.92 Å². The summed E-state index contributed by atoms with van der Waals surface area (Å²) in [6, 6.07) is 1.67. The third kappa shape index (κ3) is 3.72. The lowest BCUT2D eigenvalue weighted by Gasteiger charge is -2.42. The summed E-state index contributed by atoms with van der Waals surface area (Å²) >= 11 is 0. The van der Waals surface area contributed by atoms with Crippen LogP contribution in [0.1, 0.15) is 52.4 Å². The fourth-order valence-corrected chi connectivity index (χ4v) is 4.94. The van der Waals surface area contributed by atoms with Crippen molar-refractivity contribution in [2.24, 2.45) is 5.92 Å². The Labute approximate surface area is 140 Å². The highest BCUT2D eigenvalue weighted by Crippen LogP contribution is 2.29. The molecule has 2 saturated heterocycles. The third-order valence-corrected chi connectivity index (χ3v) is 6.25. The maximum absolute atomic E-state index is 12.3. The molecule has 3 rings (SSSR count). The first-order valence-corrected chi connectivity index (χ1v) is 9.51. The molecule has 0 radical (unpaired) electrons. The van der Waals surface area contributed by atoms with Gasteiger partial charge >= 0.3 is 5.97 Å². The highest BCUT2D eigenvalue weighted by Gasteiger charge is 2.48. The molecule has 2 heterocycles. The molecular weight excluding hydrogens is 290 g/mol. The Hall–Kier alpha value is -0.650. The minimum absolute atomic E-state index is 0.0318. The summed E-state index contributed by atoms with van der Waals surface area (Å²) in [5.74, 6) is 0.737. The number of ether oxygens (including phenoxy) is 1. The Morgan fingerprint density at radius 3 is 2.65 bits per heavy atom. The van der Waals surface area contributed by atoms with Crippen LogP contribution < -0.4 is 5.32 Å². The van der Waals surface area contributed by atoms with E-state index in [0.717, 1.165) is 32.1 Å². The van der Waals surface area contributed by atoms with E-state index in [-0.39, 0.29) is 12.0 Å². The van der Waals surface area contributed by atoms with Gasteiger partial charge in [0.2, 0.25) is 0 Å². The summed E-state index contributed by atoms with van der Waals surface area (Å²) in [7, 11) is 1.53. The normalized spacial score (nSPS) is 33.8. The average molecular weight is 324 g/mol. The summed E-state index contributed by atoms with van der Waals surface area (Å²) in [6.45, 7) is 7.74. The van der Waals surface area contributed by atoms with Crippen LogP contribution in [0.15, 0.2) is 0 Å². The molecule has 2 aliphatic heterocycles. The van der Waals surface area contributed by atoms with Crippen LogP contribution in [-0.2, 0) is 9.53 Å². The number of esters is 1. The van der Waals surface area contributed by atoms with Gasteiger partial charge in [-0.15, -0.1) is 0 Å². The SMILES string of the molecule is COC(=O)C1CC2[NH2+]CN(C(C)C)C2CN1CC1CCCCC1. The van der Waals surface area contributed by atoms with Crippen LogP contribution in [0.2, 0.25) is 0 Å². The monoisotopic (exact) mass is 324 g/mol. The molecule has 0 aromatic carbocycles. The van der Waals surface area contributed by atoms with Gasteiger partial charge in [-0.3, -0.25) is 9.69 Å². The molecule has 1 saturated carbocycles. The van der Waals surface area contributed by atoms with Crippen LogP contribution in [-0.4, -0.2) is 66.8 Å². The van der Waals surface area contributed by atoms with Crippen molar-refractivity contribution in [1.82, 2.24) is 9.80 Å². The van der Waals surface area contributed by atoms with E-state index in [2.05, 4.69) is 29.0 Å². The van der Waals surface area contributed by atoms with E-state index >= 15 is 0 Å². The summed E-state index contributed by atoms with van der Waals surface area (Å²) in [5, 5.41) is 2.43. The number of likely N-dealkylation sites (tertiary alicyclic amines) is 1. The van der Waals surface area contributed by atoms with E-state index in [1.54, 1.807) is 0 Å². The highest BCUT2D eigenvalue weighted by molar-refractivity contribution is 5.75. The molecule has 3 fully saturated rings. The Morgan fingerprint density at radius 1 is 1.26 bits per heavy atom. The fraction of sp³-hybridized carbons (Fsp3) is 0.944. The number of hydrogen-bond acceptors (Lipinski definition) is 4. The van der Waals surface area contributed by atoms with Gasteiger partial charge in [0.1, 0.15) is 18.8 Å². The van der Waals surface area contributed by atoms with Crippen molar-refractivity contribution >= 4 is 5.97 Å². The molecule has 3 aliphatic rings. The molecule has 3 atom stereocenters. The van der Waals surface area contributed by atoms with Crippen LogP contribution in [0.4, 0.5) is 0 Å². The van der Waals surface area contributed by atoms with Crippen molar-refractivity contribution in [1.29, 1.82) is 0 Å². The molecule has 1 aliphatic carbocycles. The molecule has 5 nitrogen and oxygen atoms in total. The zero-order valence-electron chi connectivity index (χ0n) is 15.0. The molecule has 132 valence electrons. The number of methoxy groups -OCH3 is 1. The van der Waals surface area contributed by atoms with Crippen LogP contribution in [0.3, 0.4) is 0 Å². The number of nitrogens with two attached hydrogens (primary N) is 1. The predicted molar refractivity (Wildman–Crippen MR) is 89.9 cm³/mol. The lowest BCUT2D eigenvalue weighted by atomic mass is 9.86. The van der Waals surface area contributed by atoms with Crippen molar-refractivity contribution in [2.75, 3.05) is 26.9 Å². The number of carbonyl (C=O) groups excluding carboxylic acids is 1. The molecule has 0 amide bonds. The van der Waals surface area contributed by atoms with E-state index < -0.39 is 0 Å². The van der Waals surface area contributed by atoms with E-state index in [1.807, 2.05) is 0 Å². The largest absolute Gasteiger partial charge is 0.468 e. The van der Waals surface area contributed by atoms with E-state index in [0.29, 0.717) is 18.1 Å². The summed E-state index contributed by atoms with van der Waals surface area (Å²) < 4.78 is 5.12. The lowest BCUT2D eigenvalue weighted by Crippen LogP contribution is -2.89. The summed E-state index contributed by atoms with van der Waals surface area (Å²) in [6.07, 6.45) is 7.71. The average Bonchev–Trinajstić information content (AvgIpc) is 2.97. The number of piperidine rings is 1. The quantitative estimate of drug-likeness (QED) is 0.777. The van der Waals surface area contributed by atoms with Gasteiger partial charge in [-0.05, 0) is 32.6 Å². The number of rotatable bonds is 4. The second kappa shape index (κ2) is 7.49. The smallest absolute Gasteiger partial charge is 0.323 e. The second-order valence-corrected chi connectivity index (χ2v) is 7.99. The zero-order valence-corrected chi connectivity index (χ0v) is 15.0. The van der Waals surface area contributed by atoms with Gasteiger partial charge < -0.3 is 10.1 Å². The Bertz CT molecular complexity index is 409. The van der Waals surface area contributed by atoms with Crippen LogP contribution in [0.5, 0.6) is 0 Å². The Kier molecular flexibility index (Phi) is 5.60. The lowest BCUT2D eigenvalue weighted by molar-refractivity contribution is -0.678. The zero-order chi connectivity index (χ0) is 16.4. The molecule has 2 N–H and O–H groups in total. The fourth-order valence-electron chi connectivity index (χ4n) is 4.94. The third-order valence-electron chi connectivity index (χ3n) is 6.25. The van der Waals surface area contributed by atoms with Crippen molar-refractivity contribution in [2.45, 2.75) is 76.5 Å². The van der Waals surface area contributed by atoms with Crippen LogP contribution >= 0.6 is 0 Å². The van der Waals surface area contributed by atoms with E-state index in [9.17, 15) is 4.79 Å². The van der Waals surface area contributed by atoms with Crippen molar-refractivity contribution < 1.29 is 14.8 Å². The molecule has 0 spiro atoms. The van der Waals surface area contributed by atoms with E-state index in [4.69, 9.17) is 4.74 Å². The van der Waals surface area contributed by atoms with Gasteiger partial charge in [-0.25, -0.2) is 4.90 Å². The number of nitrogens with zero attached hydrogens (tertiary/aromatic N) is 2. The van der Waals surface area contributed by atoms with Gasteiger partial charge in [-0.1, -0.05) is 19.3 Å². The maximum Gasteiger partial charge on any atom is 0.323 e. The van der Waals surface area contributed by atoms with Crippen LogP contribution in [0.25, 0.3) is 0 Å². The van der Waals surface area contributed by atoms with Gasteiger partial charge in [0.15, 0.2) is 0 Å². The first-order valence-electron chi connectivity index (χ1n) is 9.51. The van der Waals surface area contributed by atoms with Gasteiger partial charge in [0, 0.05) is 25.6 Å². The second-order valence-electron chi connectivity index (χ2n) is 7.99. The summed E-state index contributed by atoms with van der Waals surface area (Å²) in [4.78, 5) is 17.4. The molecule has 0 aromatic rings. The van der Waals surface area contributed by atoms with Crippen molar-refractivity contribution in [3.05, 3.63) is 0 Å². The number of quaternary nitrogens is 1. The first kappa shape index (κ1) is 17.2. The topological polar surface area (TPSA) is 49.4 Å². The minimum atomic E-state index is -0.0356. The molecule has 23 heavy (non-hydrogen) atoms. The van der Waals surface area contributed by atoms with Gasteiger partial charge in [0.25, 0.3) is 0 Å². The molecule has 3 unspecified atom stereocenters. The van der Waals surface area contributed by atoms with Gasteiger partial charge in [0.05, 0.1) is 13.2 Å². The minimum Gasteiger partial charge on any atom is -0.468 e. The first-order chi connectivity index (χ1) is 11.1. The maximum atomic E-state index is 12.3. The van der Waals surface area contributed by atoms with Crippen molar-refractivity contribution in [3.63, 3.8) is 0 Å². The van der Waals surface area contributed by atoms with Crippen molar-refractivity contribution in [3.8, 4) is 0 Å². The summed E-state index contributed by atoms with van der Waals surface area (Å²) in [5.41, 5.74) is 0. The Balaban J connectivity index is 1.70. The highest BCUT2D eigenvalue weighted by atomic mass is 16.5. The van der Waals surface area contributed by atoms with E-state index in [1.165, 1.54) is 39.2 Å². The number of fused-ring (bicyclic) bond motifs is 1. The predicted octanol–water partition coefficient (Wildman–Crippen LogP) is 0.796. The molecule has 5 heteroatoms. The molecule has 0 bridgehead atoms. The van der Waals surface area contributed by atoms with Gasteiger partial charge in [-0.2, -0.15) is 0 Å². The number of hydrogen-bond donors (Lipinski definition) is 1. The standard InChI is InChI=1S/C18H33N3O2/c1-13(2)21-12-19-15-9-16(18(22)23-3)20(11-17(15)21)10-14-7-5-4-6-8-14/h13-17,19H,4-12H2,1-3H3/p+1. The number of carbonyl (C=O) groups is 1. The molecular formula is C18H34N3O2+. The molecule has 0 aromatic heterocycles. The Morgan fingerprint density at radius 2 is 2.00 bits per heavy atom.